The van der Waals surface area contributed by atoms with Gasteiger partial charge in [-0.05, 0) is 12.5 Å². The van der Waals surface area contributed by atoms with Crippen molar-refractivity contribution in [3.8, 4) is 0 Å². The molecule has 2 atom stereocenters. The number of carbonyl (C=O) groups is 1. The number of hydrogen-bond donors (Lipinski definition) is 3. The first-order chi connectivity index (χ1) is 7.59. The zero-order valence-electron chi connectivity index (χ0n) is 9.26. The van der Waals surface area contributed by atoms with E-state index in [1.165, 1.54) is 6.92 Å². The van der Waals surface area contributed by atoms with Crippen LogP contribution in [-0.2, 0) is 11.3 Å². The molecule has 3 nitrogen and oxygen atoms in total. The van der Waals surface area contributed by atoms with E-state index in [1.807, 2.05) is 30.3 Å². The molecule has 1 unspecified atom stereocenters. The largest absolute Gasteiger partial charge is 0.381 e. The van der Waals surface area contributed by atoms with E-state index in [9.17, 15) is 9.90 Å². The Morgan fingerprint density at radius 1 is 1.44 bits per heavy atom. The van der Waals surface area contributed by atoms with Crippen molar-refractivity contribution in [3.63, 3.8) is 0 Å². The lowest BCUT2D eigenvalue weighted by Crippen LogP contribution is -2.38. The molecule has 0 heterocycles. The molecule has 0 saturated carbocycles. The van der Waals surface area contributed by atoms with Crippen molar-refractivity contribution < 1.29 is 9.90 Å². The maximum atomic E-state index is 11.0. The quantitative estimate of drug-likeness (QED) is 0.519. The molecule has 0 aromatic heterocycles. The summed E-state index contributed by atoms with van der Waals surface area (Å²) in [5, 5.41) is 12.5. The zero-order chi connectivity index (χ0) is 12.0. The van der Waals surface area contributed by atoms with E-state index >= 15 is 0 Å². The second-order valence-corrected chi connectivity index (χ2v) is 4.32. The standard InChI is InChI=1S/C12H17NO2S/c1-9(14)7-11(12(15)16)13-8-10-5-3-2-4-6-10/h2-6,11-13,15-16H,7-8H2,1H3/t11?,12-/m1/s1. The Bertz CT molecular complexity index is 327. The van der Waals surface area contributed by atoms with E-state index in [0.717, 1.165) is 5.56 Å². The van der Waals surface area contributed by atoms with Crippen LogP contribution in [0.25, 0.3) is 0 Å². The summed E-state index contributed by atoms with van der Waals surface area (Å²) in [6, 6.07) is 9.53. The number of hydrogen-bond acceptors (Lipinski definition) is 4. The van der Waals surface area contributed by atoms with Crippen LogP contribution in [0, 0.1) is 0 Å². The maximum Gasteiger partial charge on any atom is 0.131 e. The first kappa shape index (κ1) is 13.2. The third-order valence-corrected chi connectivity index (χ3v) is 2.64. The highest BCUT2D eigenvalue weighted by atomic mass is 32.1. The summed E-state index contributed by atoms with van der Waals surface area (Å²) in [6.07, 6.45) is 0.289. The van der Waals surface area contributed by atoms with Crippen LogP contribution in [0.15, 0.2) is 30.3 Å². The molecular weight excluding hydrogens is 222 g/mol. The van der Waals surface area contributed by atoms with E-state index in [2.05, 4.69) is 17.9 Å². The Labute approximate surface area is 101 Å². The van der Waals surface area contributed by atoms with E-state index < -0.39 is 5.44 Å². The van der Waals surface area contributed by atoms with Gasteiger partial charge in [0.2, 0.25) is 0 Å². The number of thiol groups is 1. The highest BCUT2D eigenvalue weighted by molar-refractivity contribution is 7.80. The normalized spacial score (nSPS) is 14.4. The van der Waals surface area contributed by atoms with Gasteiger partial charge >= 0.3 is 0 Å². The monoisotopic (exact) mass is 239 g/mol. The molecule has 0 radical (unpaired) electrons. The fourth-order valence-electron chi connectivity index (χ4n) is 1.44. The van der Waals surface area contributed by atoms with Crippen molar-refractivity contribution in [3.05, 3.63) is 35.9 Å². The second kappa shape index (κ2) is 6.68. The number of Topliss-reactive ketones (excluding diaryl/α,β-unsaturated/α-hetero) is 1. The summed E-state index contributed by atoms with van der Waals surface area (Å²) in [5.74, 6) is 0.0404. The predicted molar refractivity (Wildman–Crippen MR) is 67.4 cm³/mol. The van der Waals surface area contributed by atoms with Gasteiger partial charge in [0.25, 0.3) is 0 Å². The highest BCUT2D eigenvalue weighted by Gasteiger charge is 2.16. The second-order valence-electron chi connectivity index (χ2n) is 3.79. The lowest BCUT2D eigenvalue weighted by molar-refractivity contribution is -0.117. The molecule has 1 aromatic rings. The number of carbonyl (C=O) groups excluding carboxylic acids is 1. The van der Waals surface area contributed by atoms with Crippen molar-refractivity contribution in [1.82, 2.24) is 5.32 Å². The molecule has 88 valence electrons. The molecule has 0 spiro atoms. The molecule has 0 saturated heterocycles. The Kier molecular flexibility index (Phi) is 5.52. The minimum atomic E-state index is -0.826. The molecular formula is C12H17NO2S. The van der Waals surface area contributed by atoms with Gasteiger partial charge in [-0.1, -0.05) is 30.3 Å². The van der Waals surface area contributed by atoms with Crippen LogP contribution < -0.4 is 5.32 Å². The topological polar surface area (TPSA) is 49.3 Å². The summed E-state index contributed by atoms with van der Waals surface area (Å²) in [5.41, 5.74) is 0.289. The molecule has 0 bridgehead atoms. The van der Waals surface area contributed by atoms with E-state index in [-0.39, 0.29) is 18.2 Å². The summed E-state index contributed by atoms with van der Waals surface area (Å²) in [7, 11) is 0. The zero-order valence-corrected chi connectivity index (χ0v) is 10.2. The average molecular weight is 239 g/mol. The fraction of sp³-hybridized carbons (Fsp3) is 0.417. The Hall–Kier alpha value is -0.840. The number of benzene rings is 1. The third kappa shape index (κ3) is 4.79. The predicted octanol–water partition coefficient (Wildman–Crippen LogP) is 1.37. The third-order valence-electron chi connectivity index (χ3n) is 2.28. The van der Waals surface area contributed by atoms with E-state index in [4.69, 9.17) is 0 Å². The molecule has 16 heavy (non-hydrogen) atoms. The molecule has 1 rings (SSSR count). The average Bonchev–Trinajstić information content (AvgIpc) is 2.25. The minimum Gasteiger partial charge on any atom is -0.381 e. The van der Waals surface area contributed by atoms with Crippen molar-refractivity contribution in [2.24, 2.45) is 0 Å². The number of ketones is 1. The molecule has 0 aliphatic heterocycles. The highest BCUT2D eigenvalue weighted by Crippen LogP contribution is 2.06. The summed E-state index contributed by atoms with van der Waals surface area (Å²) in [4.78, 5) is 11.0. The number of nitrogens with one attached hydrogen (secondary N) is 1. The van der Waals surface area contributed by atoms with Gasteiger partial charge in [0.15, 0.2) is 0 Å². The Morgan fingerprint density at radius 3 is 2.56 bits per heavy atom. The summed E-state index contributed by atoms with van der Waals surface area (Å²) in [6.45, 7) is 2.13. The SMILES string of the molecule is CC(=O)CC(NCc1ccccc1)[C@H](O)S. The minimum absolute atomic E-state index is 0.0404. The van der Waals surface area contributed by atoms with Gasteiger partial charge in [-0.25, -0.2) is 0 Å². The van der Waals surface area contributed by atoms with Crippen LogP contribution in [0.3, 0.4) is 0 Å². The van der Waals surface area contributed by atoms with Crippen LogP contribution in [0.2, 0.25) is 0 Å². The van der Waals surface area contributed by atoms with Crippen molar-refractivity contribution in [1.29, 1.82) is 0 Å². The van der Waals surface area contributed by atoms with Crippen LogP contribution >= 0.6 is 12.6 Å². The number of aliphatic hydroxyl groups excluding tert-OH is 1. The Balaban J connectivity index is 2.47. The fourth-order valence-corrected chi connectivity index (χ4v) is 1.65. The van der Waals surface area contributed by atoms with Gasteiger partial charge < -0.3 is 10.4 Å². The molecule has 2 N–H and O–H groups in total. The summed E-state index contributed by atoms with van der Waals surface area (Å²) < 4.78 is 0. The van der Waals surface area contributed by atoms with Gasteiger partial charge in [0, 0.05) is 19.0 Å². The molecule has 1 aromatic carbocycles. The van der Waals surface area contributed by atoms with Gasteiger partial charge in [-0.15, -0.1) is 12.6 Å². The van der Waals surface area contributed by atoms with E-state index in [0.29, 0.717) is 6.54 Å². The maximum absolute atomic E-state index is 11.0. The van der Waals surface area contributed by atoms with Crippen LogP contribution in [-0.4, -0.2) is 22.4 Å². The van der Waals surface area contributed by atoms with Crippen LogP contribution in [0.5, 0.6) is 0 Å². The molecule has 0 amide bonds. The van der Waals surface area contributed by atoms with Gasteiger partial charge in [-0.2, -0.15) is 0 Å². The van der Waals surface area contributed by atoms with Gasteiger partial charge in [-0.3, -0.25) is 4.79 Å². The van der Waals surface area contributed by atoms with Crippen LogP contribution in [0.4, 0.5) is 0 Å². The Morgan fingerprint density at radius 2 is 2.06 bits per heavy atom. The lowest BCUT2D eigenvalue weighted by Gasteiger charge is -2.19. The van der Waals surface area contributed by atoms with Crippen LogP contribution in [0.1, 0.15) is 18.9 Å². The van der Waals surface area contributed by atoms with Crippen molar-refractivity contribution in [2.45, 2.75) is 31.4 Å². The van der Waals surface area contributed by atoms with Crippen molar-refractivity contribution in [2.75, 3.05) is 0 Å². The first-order valence-corrected chi connectivity index (χ1v) is 5.74. The summed E-state index contributed by atoms with van der Waals surface area (Å²) >= 11 is 3.95. The van der Waals surface area contributed by atoms with E-state index in [1.54, 1.807) is 0 Å². The van der Waals surface area contributed by atoms with Gasteiger partial charge in [0.05, 0.1) is 0 Å². The smallest absolute Gasteiger partial charge is 0.131 e. The molecule has 0 aliphatic rings. The first-order valence-electron chi connectivity index (χ1n) is 5.22. The number of rotatable bonds is 6. The molecule has 0 aliphatic carbocycles. The van der Waals surface area contributed by atoms with Crippen molar-refractivity contribution >= 4 is 18.4 Å². The lowest BCUT2D eigenvalue weighted by atomic mass is 10.1. The molecule has 0 fully saturated rings. The molecule has 4 heteroatoms. The van der Waals surface area contributed by atoms with Gasteiger partial charge in [0.1, 0.15) is 11.2 Å². The number of aliphatic hydroxyl groups is 1.